The molecule has 3 N–H and O–H groups in total. The second kappa shape index (κ2) is 6.07. The van der Waals surface area contributed by atoms with Crippen molar-refractivity contribution in [1.29, 1.82) is 0 Å². The Morgan fingerprint density at radius 2 is 2.27 bits per heavy atom. The molecule has 0 saturated carbocycles. The summed E-state index contributed by atoms with van der Waals surface area (Å²) in [7, 11) is -4.38. The van der Waals surface area contributed by atoms with Crippen LogP contribution in [0.25, 0.3) is 10.4 Å². The molecular formula is C10H14N5O6P. The molecule has 2 rings (SSSR count). The van der Waals surface area contributed by atoms with Crippen molar-refractivity contribution in [3.8, 4) is 0 Å². The summed E-state index contributed by atoms with van der Waals surface area (Å²) in [6, 6.07) is -0.818. The van der Waals surface area contributed by atoms with E-state index in [1.54, 1.807) is 0 Å². The lowest BCUT2D eigenvalue weighted by atomic mass is 10.1. The van der Waals surface area contributed by atoms with Crippen LogP contribution < -0.4 is 11.2 Å². The molecule has 1 aliphatic heterocycles. The van der Waals surface area contributed by atoms with Crippen LogP contribution in [0.5, 0.6) is 0 Å². The Balaban J connectivity index is 2.33. The van der Waals surface area contributed by atoms with Gasteiger partial charge in [0, 0.05) is 23.1 Å². The molecule has 1 aliphatic rings. The fourth-order valence-corrected chi connectivity index (χ4v) is 3.07. The van der Waals surface area contributed by atoms with Crippen molar-refractivity contribution in [2.24, 2.45) is 5.11 Å². The highest BCUT2D eigenvalue weighted by molar-refractivity contribution is 7.51. The van der Waals surface area contributed by atoms with Gasteiger partial charge < -0.3 is 14.5 Å². The monoisotopic (exact) mass is 331 g/mol. The number of aromatic nitrogens is 2. The molecule has 3 atom stereocenters. The summed E-state index contributed by atoms with van der Waals surface area (Å²) in [6.45, 7) is 1.50. The molecular weight excluding hydrogens is 317 g/mol. The predicted octanol–water partition coefficient (Wildman–Crippen LogP) is -0.0109. The smallest absolute Gasteiger partial charge is 0.330 e. The van der Waals surface area contributed by atoms with Gasteiger partial charge in [-0.05, 0) is 12.5 Å². The minimum atomic E-state index is -4.38. The van der Waals surface area contributed by atoms with Crippen molar-refractivity contribution < 1.29 is 19.1 Å². The standard InChI is InChI=1S/C10H14N5O6P/c1-5-3-15(10(17)12-9(5)16)8-2-6(13-14-11)7(21-8)4-22(18,19)20/h3,6-8H,2,4H2,1H3,(H,12,16,17)(H2,18,19,20)/t6?,7-,8-/m1/s1. The molecule has 0 amide bonds. The Morgan fingerprint density at radius 3 is 2.86 bits per heavy atom. The van der Waals surface area contributed by atoms with Gasteiger partial charge in [-0.15, -0.1) is 0 Å². The van der Waals surface area contributed by atoms with Gasteiger partial charge in [-0.2, -0.15) is 0 Å². The molecule has 2 heterocycles. The quantitative estimate of drug-likeness (QED) is 0.303. The Morgan fingerprint density at radius 1 is 1.59 bits per heavy atom. The first-order valence-corrected chi connectivity index (χ1v) is 8.07. The van der Waals surface area contributed by atoms with E-state index in [-0.39, 0.29) is 12.0 Å². The van der Waals surface area contributed by atoms with Crippen LogP contribution in [0.3, 0.4) is 0 Å². The number of aromatic amines is 1. The molecule has 0 bridgehead atoms. The Hall–Kier alpha value is -1.90. The molecule has 1 aromatic rings. The minimum absolute atomic E-state index is 0.0696. The third-order valence-corrected chi connectivity index (χ3v) is 4.11. The zero-order valence-electron chi connectivity index (χ0n) is 11.5. The van der Waals surface area contributed by atoms with Crippen LogP contribution in [-0.2, 0) is 9.30 Å². The normalized spacial score (nSPS) is 25.0. The lowest BCUT2D eigenvalue weighted by Crippen LogP contribution is -2.33. The van der Waals surface area contributed by atoms with Crippen molar-refractivity contribution in [2.75, 3.05) is 6.16 Å². The lowest BCUT2D eigenvalue weighted by Gasteiger charge is -2.17. The number of nitrogens with one attached hydrogen (secondary N) is 1. The highest BCUT2D eigenvalue weighted by Gasteiger charge is 2.39. The molecule has 0 aromatic carbocycles. The van der Waals surface area contributed by atoms with E-state index in [0.29, 0.717) is 0 Å². The van der Waals surface area contributed by atoms with E-state index in [1.807, 2.05) is 0 Å². The SMILES string of the molecule is Cc1cn([C@H]2CC(N=[N+]=[N-])[C@@H](CP(=O)(O)O)O2)c(=O)[nH]c1=O. The third-order valence-electron chi connectivity index (χ3n) is 3.28. The molecule has 22 heavy (non-hydrogen) atoms. The lowest BCUT2D eigenvalue weighted by molar-refractivity contribution is 0.00574. The molecule has 0 radical (unpaired) electrons. The third kappa shape index (κ3) is 3.65. The van der Waals surface area contributed by atoms with E-state index in [2.05, 4.69) is 15.0 Å². The topological polar surface area (TPSA) is 170 Å². The average Bonchev–Trinajstić information content (AvgIpc) is 2.75. The largest absolute Gasteiger partial charge is 0.354 e. The van der Waals surface area contributed by atoms with Crippen molar-refractivity contribution in [2.45, 2.75) is 31.7 Å². The summed E-state index contributed by atoms with van der Waals surface area (Å²) < 4.78 is 17.7. The number of ether oxygens (including phenoxy) is 1. The summed E-state index contributed by atoms with van der Waals surface area (Å²) in [5.74, 6) is 0. The Labute approximate surface area is 123 Å². The first kappa shape index (κ1) is 16.5. The molecule has 0 spiro atoms. The van der Waals surface area contributed by atoms with Gasteiger partial charge in [-0.25, -0.2) is 4.79 Å². The summed E-state index contributed by atoms with van der Waals surface area (Å²) in [5, 5.41) is 3.46. The number of aryl methyl sites for hydroxylation is 1. The molecule has 1 unspecified atom stereocenters. The van der Waals surface area contributed by atoms with Gasteiger partial charge >= 0.3 is 13.3 Å². The molecule has 1 aromatic heterocycles. The molecule has 12 heteroatoms. The van der Waals surface area contributed by atoms with Crippen LogP contribution in [0.1, 0.15) is 18.2 Å². The minimum Gasteiger partial charge on any atom is -0.354 e. The van der Waals surface area contributed by atoms with E-state index in [4.69, 9.17) is 20.1 Å². The van der Waals surface area contributed by atoms with E-state index in [9.17, 15) is 14.2 Å². The van der Waals surface area contributed by atoms with Gasteiger partial charge in [0.1, 0.15) is 6.23 Å². The van der Waals surface area contributed by atoms with E-state index in [1.165, 1.54) is 13.1 Å². The summed E-state index contributed by atoms with van der Waals surface area (Å²) in [6.07, 6.45) is -1.15. The van der Waals surface area contributed by atoms with Crippen LogP contribution in [0.2, 0.25) is 0 Å². The first-order valence-electron chi connectivity index (χ1n) is 6.27. The highest BCUT2D eigenvalue weighted by atomic mass is 31.2. The predicted molar refractivity (Wildman–Crippen MR) is 74.4 cm³/mol. The van der Waals surface area contributed by atoms with Crippen LogP contribution in [-0.4, -0.2) is 37.6 Å². The zero-order valence-corrected chi connectivity index (χ0v) is 12.4. The summed E-state index contributed by atoms with van der Waals surface area (Å²) in [4.78, 5) is 46.0. The van der Waals surface area contributed by atoms with Gasteiger partial charge in [-0.1, -0.05) is 5.11 Å². The van der Waals surface area contributed by atoms with E-state index >= 15 is 0 Å². The van der Waals surface area contributed by atoms with Crippen LogP contribution >= 0.6 is 7.60 Å². The fraction of sp³-hybridized carbons (Fsp3) is 0.600. The summed E-state index contributed by atoms with van der Waals surface area (Å²) >= 11 is 0. The summed E-state index contributed by atoms with van der Waals surface area (Å²) in [5.41, 5.74) is 7.57. The number of rotatable bonds is 4. The number of hydrogen-bond donors (Lipinski definition) is 3. The van der Waals surface area contributed by atoms with Gasteiger partial charge in [0.15, 0.2) is 0 Å². The van der Waals surface area contributed by atoms with Crippen LogP contribution in [0, 0.1) is 6.92 Å². The fourth-order valence-electron chi connectivity index (χ4n) is 2.27. The maximum Gasteiger partial charge on any atom is 0.330 e. The van der Waals surface area contributed by atoms with E-state index < -0.39 is 43.4 Å². The van der Waals surface area contributed by atoms with Gasteiger partial charge in [-0.3, -0.25) is 18.9 Å². The van der Waals surface area contributed by atoms with Gasteiger partial charge in [0.25, 0.3) is 5.56 Å². The van der Waals surface area contributed by atoms with Crippen molar-refractivity contribution in [3.05, 3.63) is 43.0 Å². The molecule has 0 aliphatic carbocycles. The maximum absolute atomic E-state index is 11.8. The van der Waals surface area contributed by atoms with Crippen LogP contribution in [0.15, 0.2) is 20.9 Å². The zero-order chi connectivity index (χ0) is 16.5. The molecule has 1 fully saturated rings. The number of nitrogens with zero attached hydrogens (tertiary/aromatic N) is 4. The second-order valence-corrected chi connectivity index (χ2v) is 6.66. The maximum atomic E-state index is 11.8. The number of H-pyrrole nitrogens is 1. The van der Waals surface area contributed by atoms with Crippen molar-refractivity contribution in [3.63, 3.8) is 0 Å². The first-order chi connectivity index (χ1) is 10.2. The van der Waals surface area contributed by atoms with Crippen LogP contribution in [0.4, 0.5) is 0 Å². The Bertz CT molecular complexity index is 775. The molecule has 120 valence electrons. The van der Waals surface area contributed by atoms with Gasteiger partial charge in [0.2, 0.25) is 0 Å². The van der Waals surface area contributed by atoms with Gasteiger partial charge in [0.05, 0.1) is 18.3 Å². The van der Waals surface area contributed by atoms with E-state index in [0.717, 1.165) is 4.57 Å². The second-order valence-electron chi connectivity index (χ2n) is 4.96. The van der Waals surface area contributed by atoms with Crippen molar-refractivity contribution >= 4 is 7.60 Å². The highest BCUT2D eigenvalue weighted by Crippen LogP contribution is 2.41. The molecule has 11 nitrogen and oxygen atoms in total. The number of azide groups is 1. The number of hydrogen-bond acceptors (Lipinski definition) is 5. The van der Waals surface area contributed by atoms with Crippen molar-refractivity contribution in [1.82, 2.24) is 9.55 Å². The molecule has 1 saturated heterocycles. The average molecular weight is 331 g/mol. The Kier molecular flexibility index (Phi) is 4.55.